The van der Waals surface area contributed by atoms with Crippen LogP contribution in [0.1, 0.15) is 24.5 Å². The topological polar surface area (TPSA) is 75.6 Å². The lowest BCUT2D eigenvalue weighted by molar-refractivity contribution is 0.0442. The number of nitrogens with one attached hydrogen (secondary N) is 1. The largest absolute Gasteiger partial charge is 0.492 e. The maximum Gasteiger partial charge on any atom is 0.244 e. The molecule has 0 aliphatic heterocycles. The molecule has 2 aromatic rings. The highest BCUT2D eigenvalue weighted by molar-refractivity contribution is 7.89. The molecule has 2 aromatic carbocycles. The number of rotatable bonds is 6. The van der Waals surface area contributed by atoms with Crippen molar-refractivity contribution in [3.63, 3.8) is 0 Å². The summed E-state index contributed by atoms with van der Waals surface area (Å²) in [5.74, 6) is 0.311. The summed E-state index contributed by atoms with van der Waals surface area (Å²) in [5.41, 5.74) is 0.684. The van der Waals surface area contributed by atoms with Gasteiger partial charge in [-0.3, -0.25) is 0 Å². The normalized spacial score (nSPS) is 19.9. The number of ether oxygens (including phenoxy) is 1. The van der Waals surface area contributed by atoms with E-state index < -0.39 is 15.6 Å². The van der Waals surface area contributed by atoms with E-state index in [1.165, 1.54) is 6.07 Å². The van der Waals surface area contributed by atoms with E-state index in [9.17, 15) is 13.5 Å². The van der Waals surface area contributed by atoms with E-state index in [0.29, 0.717) is 18.8 Å². The average Bonchev–Trinajstić information content (AvgIpc) is 2.92. The van der Waals surface area contributed by atoms with Gasteiger partial charge in [-0.15, -0.1) is 0 Å². The van der Waals surface area contributed by atoms with Crippen LogP contribution in [-0.2, 0) is 22.0 Å². The molecule has 0 radical (unpaired) electrons. The van der Waals surface area contributed by atoms with Crippen LogP contribution in [0.2, 0.25) is 0 Å². The average molecular weight is 347 g/mol. The third-order valence-electron chi connectivity index (χ3n) is 4.32. The summed E-state index contributed by atoms with van der Waals surface area (Å²) in [4.78, 5) is 0.0849. The minimum absolute atomic E-state index is 0.0627. The maximum atomic E-state index is 12.6. The summed E-state index contributed by atoms with van der Waals surface area (Å²) in [6.45, 7) is 2.12. The van der Waals surface area contributed by atoms with Crippen molar-refractivity contribution in [1.82, 2.24) is 4.72 Å². The highest BCUT2D eigenvalue weighted by Gasteiger charge is 2.37. The summed E-state index contributed by atoms with van der Waals surface area (Å²) in [6.07, 6.45) is 1.24. The Hall–Kier alpha value is -1.89. The summed E-state index contributed by atoms with van der Waals surface area (Å²) in [5, 5.41) is 10.9. The highest BCUT2D eigenvalue weighted by Crippen LogP contribution is 2.36. The van der Waals surface area contributed by atoms with E-state index in [1.807, 2.05) is 24.3 Å². The second kappa shape index (κ2) is 6.55. The van der Waals surface area contributed by atoms with E-state index in [1.54, 1.807) is 25.1 Å². The van der Waals surface area contributed by atoms with Gasteiger partial charge in [0, 0.05) is 6.54 Å². The fourth-order valence-electron chi connectivity index (χ4n) is 3.09. The van der Waals surface area contributed by atoms with Gasteiger partial charge in [-0.2, -0.15) is 0 Å². The first-order chi connectivity index (χ1) is 11.5. The number of hydrogen-bond acceptors (Lipinski definition) is 4. The fraction of sp³-hybridized carbons (Fsp3) is 0.333. The first-order valence-electron chi connectivity index (χ1n) is 7.98. The Morgan fingerprint density at radius 1 is 1.17 bits per heavy atom. The lowest BCUT2D eigenvalue weighted by Crippen LogP contribution is -2.39. The lowest BCUT2D eigenvalue weighted by atomic mass is 9.96. The van der Waals surface area contributed by atoms with Crippen molar-refractivity contribution >= 4 is 10.0 Å². The molecule has 0 amide bonds. The third-order valence-corrected chi connectivity index (χ3v) is 5.76. The molecule has 128 valence electrons. The fourth-order valence-corrected chi connectivity index (χ4v) is 4.32. The highest BCUT2D eigenvalue weighted by atomic mass is 32.2. The predicted molar refractivity (Wildman–Crippen MR) is 91.5 cm³/mol. The Bertz CT molecular complexity index is 834. The van der Waals surface area contributed by atoms with Crippen molar-refractivity contribution in [2.45, 2.75) is 30.3 Å². The molecule has 1 aliphatic carbocycles. The number of aliphatic hydroxyl groups is 1. The SMILES string of the molecule is CCOc1ccccc1S(=O)(=O)NCC1(O)CCc2ccccc21. The van der Waals surface area contributed by atoms with Crippen LogP contribution in [-0.4, -0.2) is 26.7 Å². The molecule has 0 saturated carbocycles. The van der Waals surface area contributed by atoms with Gasteiger partial charge in [-0.05, 0) is 43.0 Å². The van der Waals surface area contributed by atoms with Crippen molar-refractivity contribution < 1.29 is 18.3 Å². The molecule has 5 nitrogen and oxygen atoms in total. The van der Waals surface area contributed by atoms with Crippen molar-refractivity contribution in [2.24, 2.45) is 0 Å². The predicted octanol–water partition coefficient (Wildman–Crippen LogP) is 2.20. The summed E-state index contributed by atoms with van der Waals surface area (Å²) >= 11 is 0. The Morgan fingerprint density at radius 3 is 2.67 bits per heavy atom. The standard InChI is InChI=1S/C18H21NO4S/c1-2-23-16-9-5-6-10-17(16)24(21,22)19-13-18(20)12-11-14-7-3-4-8-15(14)18/h3-10,19-20H,2,11-13H2,1H3. The zero-order valence-corrected chi connectivity index (χ0v) is 14.3. The first kappa shape index (κ1) is 17.0. The van der Waals surface area contributed by atoms with Gasteiger partial charge in [0.05, 0.1) is 6.61 Å². The molecular weight excluding hydrogens is 326 g/mol. The van der Waals surface area contributed by atoms with E-state index in [0.717, 1.165) is 17.5 Å². The van der Waals surface area contributed by atoms with Crippen molar-refractivity contribution in [3.05, 3.63) is 59.7 Å². The maximum absolute atomic E-state index is 12.6. The van der Waals surface area contributed by atoms with E-state index in [2.05, 4.69) is 4.72 Å². The third kappa shape index (κ3) is 3.17. The van der Waals surface area contributed by atoms with Gasteiger partial charge in [-0.25, -0.2) is 13.1 Å². The molecule has 0 fully saturated rings. The minimum Gasteiger partial charge on any atom is -0.492 e. The van der Waals surface area contributed by atoms with Crippen LogP contribution in [0, 0.1) is 0 Å². The molecule has 0 heterocycles. The Balaban J connectivity index is 1.82. The molecule has 3 rings (SSSR count). The van der Waals surface area contributed by atoms with Gasteiger partial charge in [0.25, 0.3) is 0 Å². The molecule has 2 N–H and O–H groups in total. The van der Waals surface area contributed by atoms with Gasteiger partial charge in [0.1, 0.15) is 16.2 Å². The number of benzene rings is 2. The lowest BCUT2D eigenvalue weighted by Gasteiger charge is -2.24. The van der Waals surface area contributed by atoms with Crippen LogP contribution in [0.15, 0.2) is 53.4 Å². The summed E-state index contributed by atoms with van der Waals surface area (Å²) < 4.78 is 33.2. The molecule has 1 unspecified atom stereocenters. The Kier molecular flexibility index (Phi) is 4.62. The van der Waals surface area contributed by atoms with Crippen LogP contribution < -0.4 is 9.46 Å². The van der Waals surface area contributed by atoms with Crippen LogP contribution in [0.3, 0.4) is 0 Å². The van der Waals surface area contributed by atoms with E-state index in [-0.39, 0.29) is 11.4 Å². The zero-order chi connectivity index (χ0) is 17.2. The van der Waals surface area contributed by atoms with Crippen LogP contribution in [0.5, 0.6) is 5.75 Å². The number of hydrogen-bond donors (Lipinski definition) is 2. The molecule has 6 heteroatoms. The smallest absolute Gasteiger partial charge is 0.244 e. The van der Waals surface area contributed by atoms with Crippen LogP contribution in [0.4, 0.5) is 0 Å². The minimum atomic E-state index is -3.78. The van der Waals surface area contributed by atoms with Gasteiger partial charge in [0.2, 0.25) is 10.0 Å². The Morgan fingerprint density at radius 2 is 1.88 bits per heavy atom. The van der Waals surface area contributed by atoms with Crippen LogP contribution >= 0.6 is 0 Å². The van der Waals surface area contributed by atoms with Crippen molar-refractivity contribution in [1.29, 1.82) is 0 Å². The monoisotopic (exact) mass is 347 g/mol. The molecule has 0 spiro atoms. The molecule has 1 aliphatic rings. The van der Waals surface area contributed by atoms with Crippen molar-refractivity contribution in [2.75, 3.05) is 13.2 Å². The molecule has 0 saturated heterocycles. The number of fused-ring (bicyclic) bond motifs is 1. The Labute approximate surface area is 142 Å². The molecule has 0 bridgehead atoms. The molecule has 1 atom stereocenters. The zero-order valence-electron chi connectivity index (χ0n) is 13.5. The van der Waals surface area contributed by atoms with Crippen molar-refractivity contribution in [3.8, 4) is 5.75 Å². The van der Waals surface area contributed by atoms with Gasteiger partial charge < -0.3 is 9.84 Å². The summed E-state index contributed by atoms with van der Waals surface area (Å²) in [7, 11) is -3.78. The number of para-hydroxylation sites is 1. The molecule has 24 heavy (non-hydrogen) atoms. The quantitative estimate of drug-likeness (QED) is 0.840. The van der Waals surface area contributed by atoms with Gasteiger partial charge >= 0.3 is 0 Å². The van der Waals surface area contributed by atoms with Gasteiger partial charge in [0.15, 0.2) is 0 Å². The van der Waals surface area contributed by atoms with E-state index >= 15 is 0 Å². The number of aryl methyl sites for hydroxylation is 1. The van der Waals surface area contributed by atoms with Gasteiger partial charge in [-0.1, -0.05) is 36.4 Å². The summed E-state index contributed by atoms with van der Waals surface area (Å²) in [6, 6.07) is 14.1. The first-order valence-corrected chi connectivity index (χ1v) is 9.47. The van der Waals surface area contributed by atoms with E-state index in [4.69, 9.17) is 4.74 Å². The number of sulfonamides is 1. The van der Waals surface area contributed by atoms with Crippen LogP contribution in [0.25, 0.3) is 0 Å². The molecule has 0 aromatic heterocycles. The molecular formula is C18H21NO4S. The second-order valence-corrected chi connectivity index (χ2v) is 7.63. The second-order valence-electron chi connectivity index (χ2n) is 5.89.